The summed E-state index contributed by atoms with van der Waals surface area (Å²) in [5.74, 6) is 0.00132. The summed E-state index contributed by atoms with van der Waals surface area (Å²) >= 11 is 0. The minimum absolute atomic E-state index is 0.00132. The first-order chi connectivity index (χ1) is 15.9. The Morgan fingerprint density at radius 3 is 2.27 bits per heavy atom. The summed E-state index contributed by atoms with van der Waals surface area (Å²) in [6.45, 7) is 3.06. The number of aryl methyl sites for hydroxylation is 1. The van der Waals surface area contributed by atoms with Gasteiger partial charge in [0.25, 0.3) is 0 Å². The average Bonchev–Trinajstić information content (AvgIpc) is 3.20. The molecule has 0 unspecified atom stereocenters. The summed E-state index contributed by atoms with van der Waals surface area (Å²) in [4.78, 5) is 11.9. The number of nitrogens with zero attached hydrogens (tertiary/aromatic N) is 1. The largest absolute Gasteiger partial charge is 0.382 e. The molecule has 1 saturated heterocycles. The molecule has 2 heterocycles. The van der Waals surface area contributed by atoms with E-state index >= 15 is 0 Å². The van der Waals surface area contributed by atoms with Crippen LogP contribution in [-0.2, 0) is 21.2 Å². The van der Waals surface area contributed by atoms with E-state index in [0.717, 1.165) is 40.9 Å². The van der Waals surface area contributed by atoms with Crippen molar-refractivity contribution in [1.82, 2.24) is 4.31 Å². The molecule has 0 atom stereocenters. The van der Waals surface area contributed by atoms with Crippen LogP contribution in [0, 0.1) is 6.92 Å². The van der Waals surface area contributed by atoms with Crippen molar-refractivity contribution in [3.8, 4) is 11.1 Å². The average molecular weight is 462 g/mol. The van der Waals surface area contributed by atoms with Gasteiger partial charge in [-0.2, -0.15) is 4.31 Å². The Balaban J connectivity index is 1.24. The van der Waals surface area contributed by atoms with Crippen molar-refractivity contribution in [3.63, 3.8) is 0 Å². The molecule has 3 aromatic carbocycles. The summed E-state index contributed by atoms with van der Waals surface area (Å²) in [5, 5.41) is 6.35. The fraction of sp³-hybridized carbons (Fsp3) is 0.269. The number of amides is 1. The van der Waals surface area contributed by atoms with Crippen molar-refractivity contribution < 1.29 is 13.2 Å². The minimum atomic E-state index is -3.53. The van der Waals surface area contributed by atoms with Gasteiger partial charge in [-0.05, 0) is 72.9 Å². The SMILES string of the molecule is Cc1ccc(NC2CCN(S(=O)(=O)c3ccc(-c4ccc5c(c4)CC(=O)N5)cc3)CC2)cc1. The molecule has 0 bridgehead atoms. The maximum atomic E-state index is 13.2. The van der Waals surface area contributed by atoms with Crippen LogP contribution in [0.25, 0.3) is 11.1 Å². The lowest BCUT2D eigenvalue weighted by Gasteiger charge is -2.32. The molecule has 0 aliphatic carbocycles. The minimum Gasteiger partial charge on any atom is -0.382 e. The predicted octanol–water partition coefficient (Wildman–Crippen LogP) is 4.42. The molecule has 6 nitrogen and oxygen atoms in total. The van der Waals surface area contributed by atoms with E-state index in [1.54, 1.807) is 16.4 Å². The number of carbonyl (C=O) groups excluding carboxylic acids is 1. The number of anilines is 2. The lowest BCUT2D eigenvalue weighted by molar-refractivity contribution is -0.115. The molecule has 33 heavy (non-hydrogen) atoms. The van der Waals surface area contributed by atoms with Gasteiger partial charge in [-0.25, -0.2) is 8.42 Å². The highest BCUT2D eigenvalue weighted by Gasteiger charge is 2.29. The van der Waals surface area contributed by atoms with Gasteiger partial charge >= 0.3 is 0 Å². The Morgan fingerprint density at radius 2 is 1.58 bits per heavy atom. The molecule has 2 aliphatic heterocycles. The molecule has 5 rings (SSSR count). The van der Waals surface area contributed by atoms with Crippen LogP contribution in [0.2, 0.25) is 0 Å². The highest BCUT2D eigenvalue weighted by molar-refractivity contribution is 7.89. The number of sulfonamides is 1. The third kappa shape index (κ3) is 4.51. The van der Waals surface area contributed by atoms with Crippen LogP contribution in [-0.4, -0.2) is 37.8 Å². The summed E-state index contributed by atoms with van der Waals surface area (Å²) in [5.41, 5.74) is 6.01. The van der Waals surface area contributed by atoms with E-state index in [2.05, 4.69) is 41.8 Å². The quantitative estimate of drug-likeness (QED) is 0.590. The van der Waals surface area contributed by atoms with Gasteiger partial charge in [0.15, 0.2) is 0 Å². The maximum absolute atomic E-state index is 13.2. The molecule has 0 spiro atoms. The number of nitrogens with one attached hydrogen (secondary N) is 2. The number of carbonyl (C=O) groups is 1. The Morgan fingerprint density at radius 1 is 0.909 bits per heavy atom. The Bertz CT molecular complexity index is 1280. The molecular weight excluding hydrogens is 434 g/mol. The van der Waals surface area contributed by atoms with Crippen molar-refractivity contribution in [1.29, 1.82) is 0 Å². The number of hydrogen-bond donors (Lipinski definition) is 2. The Kier molecular flexibility index (Phi) is 5.68. The van der Waals surface area contributed by atoms with E-state index in [4.69, 9.17) is 0 Å². The van der Waals surface area contributed by atoms with E-state index in [1.165, 1.54) is 5.56 Å². The van der Waals surface area contributed by atoms with Gasteiger partial charge in [0.05, 0.1) is 11.3 Å². The van der Waals surface area contributed by atoms with Crippen LogP contribution in [0.3, 0.4) is 0 Å². The lowest BCUT2D eigenvalue weighted by atomic mass is 10.0. The Hall–Kier alpha value is -3.16. The number of benzene rings is 3. The number of hydrogen-bond acceptors (Lipinski definition) is 4. The molecule has 1 amide bonds. The fourth-order valence-corrected chi connectivity index (χ4v) is 5.97. The molecule has 7 heteroatoms. The molecule has 1 fully saturated rings. The fourth-order valence-electron chi connectivity index (χ4n) is 4.50. The molecular formula is C26H27N3O3S. The molecule has 170 valence electrons. The molecule has 2 aliphatic rings. The van der Waals surface area contributed by atoms with Gasteiger partial charge in [-0.3, -0.25) is 4.79 Å². The van der Waals surface area contributed by atoms with Crippen molar-refractivity contribution in [2.45, 2.75) is 37.1 Å². The smallest absolute Gasteiger partial charge is 0.243 e. The molecule has 0 radical (unpaired) electrons. The van der Waals surface area contributed by atoms with Crippen LogP contribution in [0.5, 0.6) is 0 Å². The van der Waals surface area contributed by atoms with Crippen molar-refractivity contribution in [2.24, 2.45) is 0 Å². The number of fused-ring (bicyclic) bond motifs is 1. The summed E-state index contributed by atoms with van der Waals surface area (Å²) in [6.07, 6.45) is 1.92. The zero-order valence-corrected chi connectivity index (χ0v) is 19.4. The third-order valence-electron chi connectivity index (χ3n) is 6.43. The van der Waals surface area contributed by atoms with E-state index < -0.39 is 10.0 Å². The predicted molar refractivity (Wildman–Crippen MR) is 131 cm³/mol. The van der Waals surface area contributed by atoms with Crippen LogP contribution in [0.15, 0.2) is 71.6 Å². The molecule has 0 aromatic heterocycles. The van der Waals surface area contributed by atoms with Gasteiger partial charge < -0.3 is 10.6 Å². The second kappa shape index (κ2) is 8.65. The van der Waals surface area contributed by atoms with E-state index in [9.17, 15) is 13.2 Å². The summed E-state index contributed by atoms with van der Waals surface area (Å²) in [6, 6.07) is 21.4. The zero-order valence-electron chi connectivity index (χ0n) is 18.5. The van der Waals surface area contributed by atoms with Crippen molar-refractivity contribution in [2.75, 3.05) is 23.7 Å². The Labute approximate surface area is 194 Å². The first-order valence-electron chi connectivity index (χ1n) is 11.2. The third-order valence-corrected chi connectivity index (χ3v) is 8.34. The van der Waals surface area contributed by atoms with Crippen LogP contribution in [0.1, 0.15) is 24.0 Å². The van der Waals surface area contributed by atoms with Crippen LogP contribution >= 0.6 is 0 Å². The lowest BCUT2D eigenvalue weighted by Crippen LogP contribution is -2.42. The van der Waals surface area contributed by atoms with E-state index in [0.29, 0.717) is 24.4 Å². The first-order valence-corrected chi connectivity index (χ1v) is 12.7. The summed E-state index contributed by atoms with van der Waals surface area (Å²) in [7, 11) is -3.53. The normalized spacial score (nSPS) is 16.9. The molecule has 0 saturated carbocycles. The van der Waals surface area contributed by atoms with Crippen molar-refractivity contribution >= 4 is 27.3 Å². The van der Waals surface area contributed by atoms with Gasteiger partial charge in [-0.1, -0.05) is 35.9 Å². The highest BCUT2D eigenvalue weighted by Crippen LogP contribution is 2.30. The highest BCUT2D eigenvalue weighted by atomic mass is 32.2. The summed E-state index contributed by atoms with van der Waals surface area (Å²) < 4.78 is 28.0. The second-order valence-corrected chi connectivity index (χ2v) is 10.7. The van der Waals surface area contributed by atoms with Crippen LogP contribution in [0.4, 0.5) is 11.4 Å². The standard InChI is InChI=1S/C26H27N3O3S/c1-18-2-7-22(8-3-18)27-23-12-14-29(15-13-23)33(31,32)24-9-4-19(5-10-24)20-6-11-25-21(16-20)17-26(30)28-25/h2-11,16,23,27H,12-15,17H2,1H3,(H,28,30). The van der Waals surface area contributed by atoms with Gasteiger partial charge in [0.1, 0.15) is 0 Å². The van der Waals surface area contributed by atoms with Crippen LogP contribution < -0.4 is 10.6 Å². The maximum Gasteiger partial charge on any atom is 0.243 e. The van der Waals surface area contributed by atoms with Crippen molar-refractivity contribution in [3.05, 3.63) is 77.9 Å². The topological polar surface area (TPSA) is 78.5 Å². The van der Waals surface area contributed by atoms with Gasteiger partial charge in [0.2, 0.25) is 15.9 Å². The van der Waals surface area contributed by atoms with Gasteiger partial charge in [0, 0.05) is 30.5 Å². The molecule has 2 N–H and O–H groups in total. The number of piperidine rings is 1. The monoisotopic (exact) mass is 461 g/mol. The second-order valence-electron chi connectivity index (χ2n) is 8.81. The molecule has 3 aromatic rings. The zero-order chi connectivity index (χ0) is 23.0. The number of rotatable bonds is 5. The first kappa shape index (κ1) is 21.7. The van der Waals surface area contributed by atoms with E-state index in [1.807, 2.05) is 30.3 Å². The van der Waals surface area contributed by atoms with Gasteiger partial charge in [-0.15, -0.1) is 0 Å². The van der Waals surface area contributed by atoms with E-state index in [-0.39, 0.29) is 11.9 Å².